The van der Waals surface area contributed by atoms with Gasteiger partial charge in [-0.15, -0.1) is 0 Å². The van der Waals surface area contributed by atoms with Crippen molar-refractivity contribution < 1.29 is 14.7 Å². The van der Waals surface area contributed by atoms with Gasteiger partial charge in [0.1, 0.15) is 10.6 Å². The first kappa shape index (κ1) is 23.5. The van der Waals surface area contributed by atoms with Crippen LogP contribution in [0.25, 0.3) is 0 Å². The summed E-state index contributed by atoms with van der Waals surface area (Å²) in [5.41, 5.74) is 2.81. The van der Waals surface area contributed by atoms with Gasteiger partial charge in [0.2, 0.25) is 0 Å². The first-order chi connectivity index (χ1) is 16.4. The van der Waals surface area contributed by atoms with Gasteiger partial charge in [0.05, 0.1) is 34.6 Å². The molecule has 34 heavy (non-hydrogen) atoms. The third kappa shape index (κ3) is 4.66. The van der Waals surface area contributed by atoms with Gasteiger partial charge in [0.25, 0.3) is 5.91 Å². The van der Waals surface area contributed by atoms with E-state index in [1.807, 2.05) is 37.3 Å². The van der Waals surface area contributed by atoms with Crippen molar-refractivity contribution in [3.05, 3.63) is 80.7 Å². The van der Waals surface area contributed by atoms with Crippen molar-refractivity contribution >= 4 is 51.9 Å². The largest absolute Gasteiger partial charge is 0.477 e. The Balaban J connectivity index is 1.79. The molecular weight excluding hydrogens is 470 g/mol. The third-order valence-electron chi connectivity index (χ3n) is 5.12. The molecule has 4 rings (SSSR count). The van der Waals surface area contributed by atoms with Gasteiger partial charge in [0, 0.05) is 19.0 Å². The molecule has 0 aromatic heterocycles. The maximum absolute atomic E-state index is 13.5. The number of carbonyl (C=O) groups excluding carboxylic acids is 1. The van der Waals surface area contributed by atoms with Crippen molar-refractivity contribution in [2.45, 2.75) is 13.5 Å². The Kier molecular flexibility index (Phi) is 6.95. The molecule has 2 aliphatic heterocycles. The molecule has 0 spiro atoms. The van der Waals surface area contributed by atoms with Crippen LogP contribution in [0.4, 0.5) is 11.4 Å². The number of nitrogens with one attached hydrogen (secondary N) is 1. The van der Waals surface area contributed by atoms with E-state index in [1.165, 1.54) is 33.8 Å². The normalized spacial score (nSPS) is 18.9. The fourth-order valence-electron chi connectivity index (χ4n) is 3.44. The van der Waals surface area contributed by atoms with E-state index in [0.717, 1.165) is 11.3 Å². The van der Waals surface area contributed by atoms with Crippen molar-refractivity contribution in [1.82, 2.24) is 9.80 Å². The molecule has 10 heteroatoms. The topological polar surface area (TPSA) is 109 Å². The van der Waals surface area contributed by atoms with E-state index in [0.29, 0.717) is 39.4 Å². The van der Waals surface area contributed by atoms with Crippen LogP contribution in [0.5, 0.6) is 0 Å². The summed E-state index contributed by atoms with van der Waals surface area (Å²) in [6.45, 7) is 2.95. The minimum absolute atomic E-state index is 0.108. The zero-order valence-electron chi connectivity index (χ0n) is 18.5. The third-order valence-corrected chi connectivity index (χ3v) is 7.36. The molecule has 2 aromatic carbocycles. The van der Waals surface area contributed by atoms with Gasteiger partial charge < -0.3 is 15.3 Å². The van der Waals surface area contributed by atoms with Gasteiger partial charge in [0.15, 0.2) is 5.17 Å². The molecule has 0 aliphatic carbocycles. The molecule has 1 fully saturated rings. The van der Waals surface area contributed by atoms with Gasteiger partial charge in [-0.25, -0.2) is 9.79 Å². The highest BCUT2D eigenvalue weighted by Gasteiger charge is 2.39. The number of amides is 1. The average Bonchev–Trinajstić information content (AvgIpc) is 3.35. The number of aliphatic carboxylic acids is 1. The molecule has 0 saturated carbocycles. The van der Waals surface area contributed by atoms with E-state index >= 15 is 0 Å². The number of carboxylic acids is 1. The van der Waals surface area contributed by atoms with Crippen molar-refractivity contribution in [3.63, 3.8) is 0 Å². The number of rotatable bonds is 6. The van der Waals surface area contributed by atoms with Crippen molar-refractivity contribution in [1.29, 1.82) is 5.26 Å². The predicted molar refractivity (Wildman–Crippen MR) is 135 cm³/mol. The van der Waals surface area contributed by atoms with Crippen LogP contribution in [-0.4, -0.2) is 45.5 Å². The zero-order valence-corrected chi connectivity index (χ0v) is 20.1. The molecule has 0 unspecified atom stereocenters. The zero-order chi connectivity index (χ0) is 24.2. The summed E-state index contributed by atoms with van der Waals surface area (Å²) in [6.07, 6.45) is 0. The SMILES string of the molecule is CCNc1ccc(C#N)cc1N=C1S/C(=C2\SC=C(C(=O)O)N2C)C(=O)N1Cc1ccccc1. The van der Waals surface area contributed by atoms with Gasteiger partial charge in [-0.3, -0.25) is 9.69 Å². The number of hydrogen-bond donors (Lipinski definition) is 2. The molecule has 8 nitrogen and oxygen atoms in total. The molecule has 2 aliphatic rings. The number of carboxylic acid groups (broad SMARTS) is 1. The highest BCUT2D eigenvalue weighted by molar-refractivity contribution is 8.19. The lowest BCUT2D eigenvalue weighted by Gasteiger charge is -2.17. The monoisotopic (exact) mass is 491 g/mol. The fourth-order valence-corrected chi connectivity index (χ4v) is 5.65. The maximum atomic E-state index is 13.5. The second-order valence-electron chi connectivity index (χ2n) is 7.37. The Morgan fingerprint density at radius 1 is 1.24 bits per heavy atom. The number of nitrogens with zero attached hydrogens (tertiary/aromatic N) is 4. The second-order valence-corrected chi connectivity index (χ2v) is 9.20. The van der Waals surface area contributed by atoms with E-state index in [1.54, 1.807) is 30.1 Å². The summed E-state index contributed by atoms with van der Waals surface area (Å²) in [7, 11) is 1.63. The first-order valence-electron chi connectivity index (χ1n) is 10.4. The summed E-state index contributed by atoms with van der Waals surface area (Å²) in [6, 6.07) is 16.9. The average molecular weight is 492 g/mol. The first-order valence-corrected chi connectivity index (χ1v) is 12.1. The number of amidine groups is 1. The van der Waals surface area contributed by atoms with Crippen molar-refractivity contribution in [3.8, 4) is 6.07 Å². The predicted octanol–water partition coefficient (Wildman–Crippen LogP) is 4.53. The lowest BCUT2D eigenvalue weighted by molar-refractivity contribution is -0.134. The number of thioether (sulfide) groups is 2. The Hall–Kier alpha value is -3.68. The van der Waals surface area contributed by atoms with Gasteiger partial charge >= 0.3 is 5.97 Å². The van der Waals surface area contributed by atoms with Crippen LogP contribution < -0.4 is 5.32 Å². The van der Waals surface area contributed by atoms with Crippen LogP contribution in [-0.2, 0) is 16.1 Å². The summed E-state index contributed by atoms with van der Waals surface area (Å²) < 4.78 is 0. The van der Waals surface area contributed by atoms with E-state index in [-0.39, 0.29) is 11.6 Å². The fraction of sp³-hybridized carbons (Fsp3) is 0.167. The highest BCUT2D eigenvalue weighted by atomic mass is 32.2. The van der Waals surface area contributed by atoms with E-state index in [2.05, 4.69) is 11.4 Å². The van der Waals surface area contributed by atoms with Gasteiger partial charge in [-0.1, -0.05) is 42.1 Å². The van der Waals surface area contributed by atoms with Crippen LogP contribution in [0.1, 0.15) is 18.1 Å². The number of anilines is 1. The molecule has 2 aromatic rings. The molecule has 1 saturated heterocycles. The second kappa shape index (κ2) is 10.1. The van der Waals surface area contributed by atoms with Crippen molar-refractivity contribution in [2.75, 3.05) is 18.9 Å². The van der Waals surface area contributed by atoms with Crippen molar-refractivity contribution in [2.24, 2.45) is 4.99 Å². The smallest absolute Gasteiger partial charge is 0.353 e. The quantitative estimate of drug-likeness (QED) is 0.568. The number of nitriles is 1. The minimum Gasteiger partial charge on any atom is -0.477 e. The minimum atomic E-state index is -1.06. The maximum Gasteiger partial charge on any atom is 0.353 e. The molecule has 172 valence electrons. The van der Waals surface area contributed by atoms with Crippen LogP contribution in [0.3, 0.4) is 0 Å². The summed E-state index contributed by atoms with van der Waals surface area (Å²) in [4.78, 5) is 33.4. The van der Waals surface area contributed by atoms with Gasteiger partial charge in [-0.2, -0.15) is 5.26 Å². The van der Waals surface area contributed by atoms with E-state index in [9.17, 15) is 20.0 Å². The van der Waals surface area contributed by atoms with Crippen LogP contribution in [0.2, 0.25) is 0 Å². The number of benzene rings is 2. The number of aliphatic imine (C=N–C) groups is 1. The molecule has 1 amide bonds. The van der Waals surface area contributed by atoms with E-state index in [4.69, 9.17) is 4.99 Å². The number of carbonyl (C=O) groups is 2. The molecule has 2 N–H and O–H groups in total. The number of likely N-dealkylation sites (N-methyl/N-ethyl adjacent to an activating group) is 1. The Labute approximate surface area is 205 Å². The van der Waals surface area contributed by atoms with Crippen LogP contribution in [0, 0.1) is 11.3 Å². The lowest BCUT2D eigenvalue weighted by atomic mass is 10.2. The molecule has 0 bridgehead atoms. The Bertz CT molecular complexity index is 1280. The highest BCUT2D eigenvalue weighted by Crippen LogP contribution is 2.44. The van der Waals surface area contributed by atoms with Crippen LogP contribution >= 0.6 is 23.5 Å². The van der Waals surface area contributed by atoms with Crippen LogP contribution in [0.15, 0.2) is 74.6 Å². The standard InChI is InChI=1S/C24H21N5O3S2/c1-3-26-17-10-9-16(12-25)11-18(17)27-24-29(13-15-7-5-4-6-8-15)21(30)20(34-24)22-28(2)19(14-33-22)23(31)32/h4-11,14,26H,3,13H2,1-2H3,(H,31,32)/b22-20-,27-24?. The molecule has 2 heterocycles. The van der Waals surface area contributed by atoms with E-state index < -0.39 is 5.97 Å². The Morgan fingerprint density at radius 3 is 2.65 bits per heavy atom. The molecular formula is C24H21N5O3S2. The molecule has 0 atom stereocenters. The Morgan fingerprint density at radius 2 is 2.00 bits per heavy atom. The van der Waals surface area contributed by atoms with Gasteiger partial charge in [-0.05, 0) is 42.4 Å². The lowest BCUT2D eigenvalue weighted by Crippen LogP contribution is -2.29. The summed E-state index contributed by atoms with van der Waals surface area (Å²) in [5, 5.41) is 24.6. The molecule has 0 radical (unpaired) electrons. The number of hydrogen-bond acceptors (Lipinski definition) is 8. The summed E-state index contributed by atoms with van der Waals surface area (Å²) >= 11 is 2.41. The summed E-state index contributed by atoms with van der Waals surface area (Å²) in [5.74, 6) is -1.30.